The van der Waals surface area contributed by atoms with Crippen molar-refractivity contribution < 1.29 is 18.4 Å². The van der Waals surface area contributed by atoms with E-state index in [0.717, 1.165) is 0 Å². The van der Waals surface area contributed by atoms with E-state index in [2.05, 4.69) is 16.2 Å². The zero-order valence-electron chi connectivity index (χ0n) is 16.4. The minimum absolute atomic E-state index is 0.0917. The highest BCUT2D eigenvalue weighted by atomic mass is 19.1. The van der Waals surface area contributed by atoms with Crippen LogP contribution in [0.2, 0.25) is 0 Å². The molecule has 0 fully saturated rings. The molecule has 7 heteroatoms. The molecule has 0 radical (unpaired) electrons. The first-order chi connectivity index (χ1) is 14.4. The van der Waals surface area contributed by atoms with E-state index in [-0.39, 0.29) is 37.0 Å². The molecule has 1 heterocycles. The molecule has 0 spiro atoms. The number of likely N-dealkylation sites (N-methyl/N-ethyl adjacent to an activating group) is 1. The van der Waals surface area contributed by atoms with E-state index in [0.29, 0.717) is 28.5 Å². The first-order valence-corrected chi connectivity index (χ1v) is 9.26. The van der Waals surface area contributed by atoms with Gasteiger partial charge in [-0.25, -0.2) is 9.37 Å². The topological polar surface area (TPSA) is 75.4 Å². The van der Waals surface area contributed by atoms with Gasteiger partial charge in [0.2, 0.25) is 11.8 Å². The minimum Gasteiger partial charge on any atom is -0.441 e. The second-order valence-corrected chi connectivity index (χ2v) is 6.65. The van der Waals surface area contributed by atoms with Gasteiger partial charge in [-0.2, -0.15) is 0 Å². The van der Waals surface area contributed by atoms with Crippen molar-refractivity contribution in [2.75, 3.05) is 18.9 Å². The number of anilines is 1. The lowest BCUT2D eigenvalue weighted by atomic mass is 10.2. The van der Waals surface area contributed by atoms with Crippen molar-refractivity contribution in [3.05, 3.63) is 72.0 Å². The number of halogens is 1. The molecular formula is C23H20FN3O3. The van der Waals surface area contributed by atoms with Crippen molar-refractivity contribution in [3.63, 3.8) is 0 Å². The molecule has 2 amide bonds. The van der Waals surface area contributed by atoms with E-state index in [1.54, 1.807) is 43.4 Å². The van der Waals surface area contributed by atoms with Crippen LogP contribution in [0.1, 0.15) is 17.9 Å². The summed E-state index contributed by atoms with van der Waals surface area (Å²) in [5.41, 5.74) is 1.93. The Labute approximate surface area is 173 Å². The van der Waals surface area contributed by atoms with Crippen LogP contribution in [0.5, 0.6) is 0 Å². The summed E-state index contributed by atoms with van der Waals surface area (Å²) in [5.74, 6) is 2.52. The Morgan fingerprint density at radius 3 is 2.73 bits per heavy atom. The third kappa shape index (κ3) is 5.55. The molecule has 1 N–H and O–H groups in total. The molecule has 0 aliphatic rings. The molecule has 0 aliphatic heterocycles. The van der Waals surface area contributed by atoms with Crippen LogP contribution in [0.4, 0.5) is 10.1 Å². The van der Waals surface area contributed by atoms with Crippen LogP contribution in [-0.4, -0.2) is 35.3 Å². The Bertz CT molecular complexity index is 1080. The van der Waals surface area contributed by atoms with Gasteiger partial charge in [-0.05, 0) is 42.5 Å². The third-order valence-corrected chi connectivity index (χ3v) is 4.35. The van der Waals surface area contributed by atoms with Crippen molar-refractivity contribution in [1.82, 2.24) is 9.88 Å². The predicted molar refractivity (Wildman–Crippen MR) is 111 cm³/mol. The summed E-state index contributed by atoms with van der Waals surface area (Å²) in [6.07, 6.45) is 7.31. The van der Waals surface area contributed by atoms with Gasteiger partial charge in [0.25, 0.3) is 0 Å². The van der Waals surface area contributed by atoms with Gasteiger partial charge >= 0.3 is 0 Å². The summed E-state index contributed by atoms with van der Waals surface area (Å²) in [6.45, 7) is -0.0917. The largest absolute Gasteiger partial charge is 0.441 e. The first kappa shape index (κ1) is 20.8. The lowest BCUT2D eigenvalue weighted by Gasteiger charge is -2.16. The first-order valence-electron chi connectivity index (χ1n) is 9.26. The molecule has 0 saturated heterocycles. The highest BCUT2D eigenvalue weighted by molar-refractivity contribution is 5.94. The number of aryl methyl sites for hydroxylation is 1. The summed E-state index contributed by atoms with van der Waals surface area (Å²) < 4.78 is 18.6. The van der Waals surface area contributed by atoms with E-state index in [4.69, 9.17) is 10.8 Å². The zero-order valence-corrected chi connectivity index (χ0v) is 16.4. The van der Waals surface area contributed by atoms with Gasteiger partial charge in [-0.15, -0.1) is 6.42 Å². The van der Waals surface area contributed by atoms with Gasteiger partial charge < -0.3 is 14.6 Å². The number of nitrogens with zero attached hydrogens (tertiary/aromatic N) is 2. The lowest BCUT2D eigenvalue weighted by molar-refractivity contribution is -0.133. The molecule has 0 unspecified atom stereocenters. The van der Waals surface area contributed by atoms with Gasteiger partial charge in [0.15, 0.2) is 11.7 Å². The molecule has 1 aromatic heterocycles. The second-order valence-electron chi connectivity index (χ2n) is 6.65. The molecule has 0 saturated carbocycles. The van der Waals surface area contributed by atoms with Gasteiger partial charge in [-0.1, -0.05) is 12.0 Å². The molecular weight excluding hydrogens is 385 g/mol. The number of amides is 2. The average Bonchev–Trinajstić information content (AvgIpc) is 3.21. The molecule has 6 nitrogen and oxygen atoms in total. The molecule has 0 bridgehead atoms. The number of carbonyl (C=O) groups is 2. The lowest BCUT2D eigenvalue weighted by Crippen LogP contribution is -2.35. The second kappa shape index (κ2) is 9.52. The van der Waals surface area contributed by atoms with Crippen LogP contribution in [-0.2, 0) is 16.0 Å². The smallest absolute Gasteiger partial charge is 0.243 e. The fraction of sp³-hybridized carbons (Fsp3) is 0.174. The van der Waals surface area contributed by atoms with E-state index in [9.17, 15) is 14.0 Å². The van der Waals surface area contributed by atoms with E-state index in [1.165, 1.54) is 23.2 Å². The fourth-order valence-electron chi connectivity index (χ4n) is 2.77. The minimum atomic E-state index is -0.333. The molecule has 2 aromatic carbocycles. The summed E-state index contributed by atoms with van der Waals surface area (Å²) in [7, 11) is 1.55. The highest BCUT2D eigenvalue weighted by Gasteiger charge is 2.15. The number of nitrogens with one attached hydrogen (secondary N) is 1. The number of hydrogen-bond acceptors (Lipinski definition) is 4. The molecule has 30 heavy (non-hydrogen) atoms. The summed E-state index contributed by atoms with van der Waals surface area (Å²) >= 11 is 0. The summed E-state index contributed by atoms with van der Waals surface area (Å²) in [6, 6.07) is 12.8. The van der Waals surface area contributed by atoms with Crippen LogP contribution in [0.25, 0.3) is 11.3 Å². The molecule has 0 aliphatic carbocycles. The Kier molecular flexibility index (Phi) is 6.60. The van der Waals surface area contributed by atoms with Crippen LogP contribution < -0.4 is 5.32 Å². The number of rotatable bonds is 7. The Morgan fingerprint density at radius 2 is 2.00 bits per heavy atom. The molecule has 152 valence electrons. The average molecular weight is 405 g/mol. The van der Waals surface area contributed by atoms with Crippen LogP contribution >= 0.6 is 0 Å². The van der Waals surface area contributed by atoms with Gasteiger partial charge in [-0.3, -0.25) is 9.59 Å². The van der Waals surface area contributed by atoms with Gasteiger partial charge in [0, 0.05) is 36.7 Å². The van der Waals surface area contributed by atoms with E-state index in [1.807, 2.05) is 0 Å². The Hall–Kier alpha value is -3.92. The summed E-state index contributed by atoms with van der Waals surface area (Å²) in [5, 5.41) is 2.72. The number of benzene rings is 2. The maximum Gasteiger partial charge on any atom is 0.243 e. The van der Waals surface area contributed by atoms with Crippen molar-refractivity contribution in [3.8, 4) is 23.7 Å². The Balaban J connectivity index is 1.49. The van der Waals surface area contributed by atoms with Crippen LogP contribution in [0.15, 0.2) is 59.1 Å². The normalized spacial score (nSPS) is 10.3. The molecule has 0 atom stereocenters. The van der Waals surface area contributed by atoms with Crippen molar-refractivity contribution in [2.24, 2.45) is 0 Å². The standard InChI is InChI=1S/C23H20FN3O3/c1-3-16-5-4-6-19(13-16)26-21(28)15-27(2)23(29)12-11-22-25-14-20(30-22)17-7-9-18(24)10-8-17/h1,4-10,13-14H,11-12,15H2,2H3,(H,26,28). The maximum atomic E-state index is 13.0. The van der Waals surface area contributed by atoms with Gasteiger partial charge in [0.1, 0.15) is 5.82 Å². The molecule has 3 rings (SSSR count). The number of aromatic nitrogens is 1. The predicted octanol–water partition coefficient (Wildman–Crippen LogP) is 3.49. The third-order valence-electron chi connectivity index (χ3n) is 4.35. The van der Waals surface area contributed by atoms with E-state index >= 15 is 0 Å². The Morgan fingerprint density at radius 1 is 1.23 bits per heavy atom. The number of terminal acetylenes is 1. The highest BCUT2D eigenvalue weighted by Crippen LogP contribution is 2.21. The number of hydrogen-bond donors (Lipinski definition) is 1. The fourth-order valence-corrected chi connectivity index (χ4v) is 2.77. The SMILES string of the molecule is C#Cc1cccc(NC(=O)CN(C)C(=O)CCc2ncc(-c3ccc(F)cc3)o2)c1. The number of carbonyl (C=O) groups excluding carboxylic acids is 2. The number of oxazole rings is 1. The van der Waals surface area contributed by atoms with Crippen molar-refractivity contribution >= 4 is 17.5 Å². The maximum absolute atomic E-state index is 13.0. The van der Waals surface area contributed by atoms with E-state index < -0.39 is 0 Å². The van der Waals surface area contributed by atoms with Gasteiger partial charge in [0.05, 0.1) is 12.7 Å². The summed E-state index contributed by atoms with van der Waals surface area (Å²) in [4.78, 5) is 30.0. The molecule has 3 aromatic rings. The monoisotopic (exact) mass is 405 g/mol. The van der Waals surface area contributed by atoms with Crippen LogP contribution in [0.3, 0.4) is 0 Å². The quantitative estimate of drug-likeness (QED) is 0.611. The van der Waals surface area contributed by atoms with Crippen molar-refractivity contribution in [2.45, 2.75) is 12.8 Å². The van der Waals surface area contributed by atoms with Crippen molar-refractivity contribution in [1.29, 1.82) is 0 Å². The zero-order chi connectivity index (χ0) is 21.5. The van der Waals surface area contributed by atoms with Crippen LogP contribution in [0, 0.1) is 18.2 Å².